The summed E-state index contributed by atoms with van der Waals surface area (Å²) in [6, 6.07) is 16.6. The van der Waals surface area contributed by atoms with E-state index in [9.17, 15) is 24.3 Å². The molecule has 5 rings (SSSR count). The Morgan fingerprint density at radius 2 is 1.83 bits per heavy atom. The van der Waals surface area contributed by atoms with Crippen molar-refractivity contribution < 1.29 is 28.7 Å². The zero-order valence-corrected chi connectivity index (χ0v) is 18.3. The van der Waals surface area contributed by atoms with Crippen LogP contribution >= 0.6 is 0 Å². The maximum Gasteiger partial charge on any atom is 0.335 e. The Kier molecular flexibility index (Phi) is 5.50. The van der Waals surface area contributed by atoms with Gasteiger partial charge in [0.1, 0.15) is 11.3 Å². The van der Waals surface area contributed by atoms with Crippen molar-refractivity contribution in [1.82, 2.24) is 14.8 Å². The number of aromatic carboxylic acids is 1. The van der Waals surface area contributed by atoms with Gasteiger partial charge in [-0.1, -0.05) is 30.3 Å². The molecule has 2 N–H and O–H groups in total. The molecule has 2 aromatic carbocycles. The minimum Gasteiger partial charge on any atom is -0.478 e. The van der Waals surface area contributed by atoms with Gasteiger partial charge in [-0.25, -0.2) is 9.59 Å². The van der Waals surface area contributed by atoms with E-state index >= 15 is 0 Å². The first-order valence-corrected chi connectivity index (χ1v) is 10.7. The van der Waals surface area contributed by atoms with Crippen molar-refractivity contribution in [3.05, 3.63) is 101 Å². The molecular weight excluding hydrogens is 450 g/mol. The number of carboxylic acid groups (broad SMARTS) is 1. The third-order valence-electron chi connectivity index (χ3n) is 5.73. The molecule has 1 fully saturated rings. The number of fused-ring (bicyclic) bond motifs is 1. The lowest BCUT2D eigenvalue weighted by Gasteiger charge is -2.25. The van der Waals surface area contributed by atoms with E-state index in [0.717, 1.165) is 21.4 Å². The molecule has 3 heterocycles. The van der Waals surface area contributed by atoms with Crippen molar-refractivity contribution in [1.29, 1.82) is 0 Å². The number of aromatic nitrogens is 1. The number of para-hydroxylation sites is 1. The highest BCUT2D eigenvalue weighted by Gasteiger charge is 2.36. The molecule has 0 aliphatic carbocycles. The number of furan rings is 1. The molecule has 1 aliphatic heterocycles. The van der Waals surface area contributed by atoms with Crippen LogP contribution in [0.25, 0.3) is 17.0 Å². The zero-order valence-electron chi connectivity index (χ0n) is 18.3. The molecule has 0 spiro atoms. The second kappa shape index (κ2) is 8.79. The van der Waals surface area contributed by atoms with E-state index in [1.54, 1.807) is 30.5 Å². The summed E-state index contributed by atoms with van der Waals surface area (Å²) in [6.45, 7) is 0.276. The van der Waals surface area contributed by atoms with Gasteiger partial charge in [-0.05, 0) is 42.0 Å². The fourth-order valence-corrected chi connectivity index (χ4v) is 4.07. The lowest BCUT2D eigenvalue weighted by molar-refractivity contribution is -0.130. The molecule has 174 valence electrons. The number of barbiturate groups is 1. The van der Waals surface area contributed by atoms with Crippen molar-refractivity contribution in [2.24, 2.45) is 0 Å². The molecule has 4 amide bonds. The third-order valence-corrected chi connectivity index (χ3v) is 5.73. The Hall–Kier alpha value is -4.92. The highest BCUT2D eigenvalue weighted by molar-refractivity contribution is 6.31. The fourth-order valence-electron chi connectivity index (χ4n) is 4.07. The third kappa shape index (κ3) is 4.22. The average Bonchev–Trinajstić information content (AvgIpc) is 3.48. The fraction of sp³-hybridized carbons (Fsp3) is 0.0769. The number of imide groups is 2. The SMILES string of the molecule is O=C1NC(=O)N(Cc2ccco2)C(=O)/C1=C/c1cn(Cc2cccc(C(=O)O)c2)c2ccccc12. The maximum absolute atomic E-state index is 13.1. The van der Waals surface area contributed by atoms with E-state index in [1.165, 1.54) is 18.4 Å². The van der Waals surface area contributed by atoms with E-state index in [4.69, 9.17) is 4.42 Å². The molecule has 0 radical (unpaired) electrons. The first-order valence-electron chi connectivity index (χ1n) is 10.7. The molecule has 1 saturated heterocycles. The summed E-state index contributed by atoms with van der Waals surface area (Å²) in [5, 5.41) is 12.3. The number of carbonyl (C=O) groups excluding carboxylic acids is 3. The molecule has 0 atom stereocenters. The second-order valence-electron chi connectivity index (χ2n) is 8.02. The number of carboxylic acids is 1. The number of amides is 4. The van der Waals surface area contributed by atoms with Crippen LogP contribution in [-0.2, 0) is 22.7 Å². The second-order valence-corrected chi connectivity index (χ2v) is 8.02. The minimum absolute atomic E-state index is 0.107. The molecule has 2 aromatic heterocycles. The first kappa shape index (κ1) is 21.9. The number of rotatable bonds is 6. The number of carbonyl (C=O) groups is 4. The summed E-state index contributed by atoms with van der Waals surface area (Å²) in [7, 11) is 0. The quantitative estimate of drug-likeness (QED) is 0.328. The summed E-state index contributed by atoms with van der Waals surface area (Å²) >= 11 is 0. The predicted molar refractivity (Wildman–Crippen MR) is 125 cm³/mol. The lowest BCUT2D eigenvalue weighted by atomic mass is 10.1. The largest absolute Gasteiger partial charge is 0.478 e. The van der Waals surface area contributed by atoms with Crippen LogP contribution < -0.4 is 5.32 Å². The number of nitrogens with zero attached hydrogens (tertiary/aromatic N) is 2. The van der Waals surface area contributed by atoms with Crippen LogP contribution in [0, 0.1) is 0 Å². The van der Waals surface area contributed by atoms with E-state index in [-0.39, 0.29) is 17.7 Å². The molecule has 4 aromatic rings. The number of urea groups is 1. The van der Waals surface area contributed by atoms with Gasteiger partial charge >= 0.3 is 12.0 Å². The van der Waals surface area contributed by atoms with Crippen LogP contribution in [0.1, 0.15) is 27.2 Å². The molecule has 0 unspecified atom stereocenters. The van der Waals surface area contributed by atoms with Crippen molar-refractivity contribution in [3.63, 3.8) is 0 Å². The van der Waals surface area contributed by atoms with Crippen LogP contribution in [0.5, 0.6) is 0 Å². The van der Waals surface area contributed by atoms with Crippen LogP contribution in [0.15, 0.2) is 83.1 Å². The van der Waals surface area contributed by atoms with Gasteiger partial charge < -0.3 is 14.1 Å². The Morgan fingerprint density at radius 1 is 1.00 bits per heavy atom. The monoisotopic (exact) mass is 469 g/mol. The number of hydrogen-bond donors (Lipinski definition) is 2. The standard InChI is InChI=1S/C26H19N3O6/c30-23-21(24(31)29(26(34)27-23)15-19-7-4-10-35-19)12-18-14-28(22-9-2-1-8-20(18)22)13-16-5-3-6-17(11-16)25(32)33/h1-12,14H,13,15H2,(H,32,33)(H,27,30,34)/b21-12+. The predicted octanol–water partition coefficient (Wildman–Crippen LogP) is 3.64. The van der Waals surface area contributed by atoms with Gasteiger partial charge in [0.2, 0.25) is 0 Å². The van der Waals surface area contributed by atoms with Crippen LogP contribution in [-0.4, -0.2) is 38.4 Å². The van der Waals surface area contributed by atoms with Crippen LogP contribution in [0.2, 0.25) is 0 Å². The molecule has 9 nitrogen and oxygen atoms in total. The summed E-state index contributed by atoms with van der Waals surface area (Å²) in [4.78, 5) is 50.2. The Morgan fingerprint density at radius 3 is 2.60 bits per heavy atom. The smallest absolute Gasteiger partial charge is 0.335 e. The average molecular weight is 469 g/mol. The van der Waals surface area contributed by atoms with Crippen LogP contribution in [0.4, 0.5) is 4.79 Å². The Bertz CT molecular complexity index is 1510. The van der Waals surface area contributed by atoms with E-state index < -0.39 is 23.8 Å². The summed E-state index contributed by atoms with van der Waals surface area (Å²) in [6.07, 6.45) is 4.69. The molecule has 1 aliphatic rings. The van der Waals surface area contributed by atoms with E-state index in [1.807, 2.05) is 34.9 Å². The normalized spacial score (nSPS) is 15.1. The lowest BCUT2D eigenvalue weighted by Crippen LogP contribution is -2.53. The van der Waals surface area contributed by atoms with Gasteiger partial charge in [0.05, 0.1) is 18.4 Å². The Labute approximate surface area is 198 Å². The van der Waals surface area contributed by atoms with Gasteiger partial charge in [0.25, 0.3) is 11.8 Å². The first-order chi connectivity index (χ1) is 16.9. The number of benzene rings is 2. The summed E-state index contributed by atoms with van der Waals surface area (Å²) < 4.78 is 7.15. The molecular formula is C26H19N3O6. The van der Waals surface area contributed by atoms with Gasteiger partial charge in [0, 0.05) is 29.2 Å². The maximum atomic E-state index is 13.1. The molecule has 0 bridgehead atoms. The molecule has 9 heteroatoms. The van der Waals surface area contributed by atoms with E-state index in [0.29, 0.717) is 17.9 Å². The highest BCUT2D eigenvalue weighted by atomic mass is 16.4. The molecule has 0 saturated carbocycles. The van der Waals surface area contributed by atoms with Crippen molar-refractivity contribution in [2.75, 3.05) is 0 Å². The van der Waals surface area contributed by atoms with Gasteiger partial charge in [-0.2, -0.15) is 0 Å². The van der Waals surface area contributed by atoms with Gasteiger partial charge in [0.15, 0.2) is 0 Å². The van der Waals surface area contributed by atoms with Gasteiger partial charge in [-0.3, -0.25) is 19.8 Å². The zero-order chi connectivity index (χ0) is 24.5. The summed E-state index contributed by atoms with van der Waals surface area (Å²) in [5.74, 6) is -2.10. The van der Waals surface area contributed by atoms with Crippen molar-refractivity contribution in [3.8, 4) is 0 Å². The number of hydrogen-bond acceptors (Lipinski definition) is 5. The minimum atomic E-state index is -1.01. The summed E-state index contributed by atoms with van der Waals surface area (Å²) in [5.41, 5.74) is 2.25. The van der Waals surface area contributed by atoms with E-state index in [2.05, 4.69) is 5.32 Å². The molecule has 35 heavy (non-hydrogen) atoms. The number of nitrogens with one attached hydrogen (secondary N) is 1. The van der Waals surface area contributed by atoms with Crippen molar-refractivity contribution >= 4 is 40.8 Å². The van der Waals surface area contributed by atoms with Gasteiger partial charge in [-0.15, -0.1) is 0 Å². The van der Waals surface area contributed by atoms with Crippen molar-refractivity contribution in [2.45, 2.75) is 13.1 Å². The Balaban J connectivity index is 1.52. The topological polar surface area (TPSA) is 122 Å². The van der Waals surface area contributed by atoms with Crippen LogP contribution in [0.3, 0.4) is 0 Å². The highest BCUT2D eigenvalue weighted by Crippen LogP contribution is 2.26.